The van der Waals surface area contributed by atoms with Crippen LogP contribution < -0.4 is 10.6 Å². The molecular weight excluding hydrogens is 761 g/mol. The number of hydrogen-bond acceptors (Lipinski definition) is 8. The first-order valence-electron chi connectivity index (χ1n) is 21.1. The Labute approximate surface area is 349 Å². The van der Waals surface area contributed by atoms with E-state index in [-0.39, 0.29) is 35.7 Å². The minimum absolute atomic E-state index is 0.111. The summed E-state index contributed by atoms with van der Waals surface area (Å²) < 4.78 is 9.60. The number of aromatic nitrogens is 4. The minimum atomic E-state index is -0.695. The van der Waals surface area contributed by atoms with Gasteiger partial charge >= 0.3 is 12.2 Å². The molecule has 8 rings (SSSR count). The van der Waals surface area contributed by atoms with E-state index in [1.165, 1.54) is 36.5 Å². The number of allylic oxidation sites excluding steroid dienone is 8. The van der Waals surface area contributed by atoms with E-state index < -0.39 is 24.3 Å². The fourth-order valence-electron chi connectivity index (χ4n) is 9.20. The molecule has 60 heavy (non-hydrogen) atoms. The number of ether oxygens (including phenoxy) is 2. The highest BCUT2D eigenvalue weighted by Crippen LogP contribution is 2.42. The van der Waals surface area contributed by atoms with Gasteiger partial charge in [-0.25, -0.2) is 19.6 Å². The molecule has 2 aliphatic carbocycles. The van der Waals surface area contributed by atoms with E-state index in [9.17, 15) is 19.2 Å². The number of amides is 4. The highest BCUT2D eigenvalue weighted by atomic mass is 16.5. The molecule has 14 nitrogen and oxygen atoms in total. The van der Waals surface area contributed by atoms with E-state index in [1.807, 2.05) is 49.6 Å². The van der Waals surface area contributed by atoms with Crippen LogP contribution in [-0.2, 0) is 19.1 Å². The summed E-state index contributed by atoms with van der Waals surface area (Å²) in [5.74, 6) is 1.00. The molecule has 0 unspecified atom stereocenters. The quantitative estimate of drug-likeness (QED) is 0.119. The Morgan fingerprint density at radius 3 is 1.47 bits per heavy atom. The van der Waals surface area contributed by atoms with Gasteiger partial charge in [-0.1, -0.05) is 64.1 Å². The summed E-state index contributed by atoms with van der Waals surface area (Å²) in [6, 6.07) is 10.8. The molecule has 4 N–H and O–H groups in total. The number of rotatable bonds is 11. The van der Waals surface area contributed by atoms with E-state index >= 15 is 0 Å². The largest absolute Gasteiger partial charge is 0.453 e. The Balaban J connectivity index is 1.05. The summed E-state index contributed by atoms with van der Waals surface area (Å²) in [5, 5.41) is 5.45. The highest BCUT2D eigenvalue weighted by molar-refractivity contribution is 5.93. The van der Waals surface area contributed by atoms with Crippen LogP contribution in [-0.4, -0.2) is 93.1 Å². The van der Waals surface area contributed by atoms with Crippen molar-refractivity contribution >= 4 is 57.2 Å². The van der Waals surface area contributed by atoms with Gasteiger partial charge in [0, 0.05) is 13.1 Å². The van der Waals surface area contributed by atoms with Crippen LogP contribution in [0.15, 0.2) is 71.8 Å². The lowest BCUT2D eigenvalue weighted by Crippen LogP contribution is -2.51. The summed E-state index contributed by atoms with van der Waals surface area (Å²) in [4.78, 5) is 72.3. The van der Waals surface area contributed by atoms with E-state index in [2.05, 4.69) is 69.2 Å². The Bertz CT molecular complexity index is 2300. The molecule has 0 radical (unpaired) electrons. The molecule has 4 atom stereocenters. The van der Waals surface area contributed by atoms with Gasteiger partial charge in [-0.3, -0.25) is 9.59 Å². The maximum Gasteiger partial charge on any atom is 0.407 e. The monoisotopic (exact) mass is 814 g/mol. The topological polar surface area (TPSA) is 175 Å². The Kier molecular flexibility index (Phi) is 11.4. The van der Waals surface area contributed by atoms with E-state index in [0.29, 0.717) is 13.1 Å². The molecule has 2 aromatic heterocycles. The molecule has 2 aliphatic heterocycles. The van der Waals surface area contributed by atoms with Crippen LogP contribution in [0.1, 0.15) is 101 Å². The Morgan fingerprint density at radius 2 is 1.08 bits per heavy atom. The third-order valence-corrected chi connectivity index (χ3v) is 12.3. The van der Waals surface area contributed by atoms with Crippen molar-refractivity contribution < 1.29 is 28.7 Å². The van der Waals surface area contributed by atoms with Gasteiger partial charge < -0.3 is 39.9 Å². The van der Waals surface area contributed by atoms with Crippen LogP contribution >= 0.6 is 0 Å². The molecule has 0 saturated carbocycles. The van der Waals surface area contributed by atoms with Gasteiger partial charge in [0.25, 0.3) is 0 Å². The fourth-order valence-corrected chi connectivity index (χ4v) is 9.20. The van der Waals surface area contributed by atoms with Gasteiger partial charge in [-0.05, 0) is 108 Å². The number of imidazole rings is 2. The third-order valence-electron chi connectivity index (χ3n) is 12.3. The maximum absolute atomic E-state index is 13.7. The van der Waals surface area contributed by atoms with Gasteiger partial charge in [-0.2, -0.15) is 0 Å². The number of nitrogens with zero attached hydrogens (tertiary/aromatic N) is 4. The molecule has 314 valence electrons. The molecule has 0 spiro atoms. The molecule has 4 amide bonds. The number of alkyl carbamates (subject to hydrolysis) is 2. The summed E-state index contributed by atoms with van der Waals surface area (Å²) in [6.45, 7) is 8.84. The molecule has 14 heteroatoms. The Morgan fingerprint density at radius 1 is 0.667 bits per heavy atom. The molecule has 2 aromatic carbocycles. The number of hydrogen-bond donors (Lipinski definition) is 4. The summed E-state index contributed by atoms with van der Waals surface area (Å²) in [5.41, 5.74) is 10.6. The first kappa shape index (κ1) is 40.6. The molecule has 4 aliphatic rings. The first-order valence-corrected chi connectivity index (χ1v) is 21.1. The zero-order valence-electron chi connectivity index (χ0n) is 35.1. The number of nitrogens with one attached hydrogen (secondary N) is 4. The van der Waals surface area contributed by atoms with Gasteiger partial charge in [0.1, 0.15) is 23.7 Å². The van der Waals surface area contributed by atoms with Gasteiger partial charge in [0.2, 0.25) is 11.8 Å². The van der Waals surface area contributed by atoms with Crippen molar-refractivity contribution in [1.82, 2.24) is 40.4 Å². The third kappa shape index (κ3) is 7.70. The van der Waals surface area contributed by atoms with Crippen LogP contribution in [0.3, 0.4) is 0 Å². The molecule has 4 aromatic rings. The first-order chi connectivity index (χ1) is 28.9. The normalized spacial score (nSPS) is 20.1. The van der Waals surface area contributed by atoms with Crippen molar-refractivity contribution in [2.45, 2.75) is 90.4 Å². The zero-order chi connectivity index (χ0) is 42.2. The molecule has 0 bridgehead atoms. The van der Waals surface area contributed by atoms with Crippen LogP contribution in [0.25, 0.3) is 33.2 Å². The van der Waals surface area contributed by atoms with Gasteiger partial charge in [0.15, 0.2) is 0 Å². The second-order valence-electron chi connectivity index (χ2n) is 16.8. The van der Waals surface area contributed by atoms with Crippen molar-refractivity contribution in [1.29, 1.82) is 0 Å². The smallest absolute Gasteiger partial charge is 0.407 e. The second-order valence-corrected chi connectivity index (χ2v) is 16.8. The van der Waals surface area contributed by atoms with Gasteiger partial charge in [-0.15, -0.1) is 0 Å². The van der Waals surface area contributed by atoms with E-state index in [1.54, 1.807) is 0 Å². The number of fused-ring (bicyclic) bond motifs is 2. The number of carbonyl (C=O) groups excluding carboxylic acids is 4. The summed E-state index contributed by atoms with van der Waals surface area (Å²) >= 11 is 0. The van der Waals surface area contributed by atoms with Crippen molar-refractivity contribution in [3.8, 4) is 0 Å². The minimum Gasteiger partial charge on any atom is -0.453 e. The van der Waals surface area contributed by atoms with Gasteiger partial charge in [0.05, 0.1) is 48.4 Å². The second kappa shape index (κ2) is 16.8. The predicted octanol–water partition coefficient (Wildman–Crippen LogP) is 7.65. The number of carbonyl (C=O) groups is 4. The lowest BCUT2D eigenvalue weighted by molar-refractivity contribution is -0.136. The average molecular weight is 815 g/mol. The van der Waals surface area contributed by atoms with Crippen molar-refractivity contribution in [2.24, 2.45) is 11.8 Å². The number of methoxy groups -OCH3 is 2. The van der Waals surface area contributed by atoms with E-state index in [4.69, 9.17) is 19.4 Å². The number of aromatic amines is 2. The molecule has 4 heterocycles. The number of H-pyrrole nitrogens is 2. The fraction of sp³-hybridized carbons (Fsp3) is 0.435. The van der Waals surface area contributed by atoms with E-state index in [0.717, 1.165) is 83.4 Å². The van der Waals surface area contributed by atoms with Crippen molar-refractivity contribution in [3.05, 3.63) is 94.6 Å². The lowest BCUT2D eigenvalue weighted by Gasteiger charge is -2.29. The molecule has 2 saturated heterocycles. The highest BCUT2D eigenvalue weighted by Gasteiger charge is 2.39. The van der Waals surface area contributed by atoms with Crippen LogP contribution in [0, 0.1) is 11.8 Å². The van der Waals surface area contributed by atoms with Crippen LogP contribution in [0.4, 0.5) is 9.59 Å². The van der Waals surface area contributed by atoms with Crippen molar-refractivity contribution in [2.75, 3.05) is 27.3 Å². The SMILES string of the molecule is COC(=O)N[C@H](C(=O)N1CCC[C@H]1c1nc2ccc(C3=C(C4=C(c5ccc6nc([C@@H]7CCCN7C(=O)[C@@H](NC(=O)OC)C(C)C)[nH]c6c5)CC=C4)C=CC3)cc2[nH]1)C(C)C. The van der Waals surface area contributed by atoms with Crippen molar-refractivity contribution in [3.63, 3.8) is 0 Å². The van der Waals surface area contributed by atoms with Crippen LogP contribution in [0.2, 0.25) is 0 Å². The standard InChI is InChI=1S/C46H54N8O6/c1-25(2)39(51-45(57)59-5)43(55)53-21-9-15-37(53)41-47-33-19-17-27(23-35(33)49-41)29-11-7-13-31(29)32-14-8-12-30(32)28-18-20-34-36(24-28)50-42(48-34)38-16-10-22-54(38)44(56)40(26(3)4)52-46(58)60-6/h7-8,13-14,17-20,23-26,37-40H,9-12,15-16,21-22H2,1-6H3,(H,47,49)(H,48,50)(H,51,57)(H,52,58)/t37-,38-,39-,40-/m0/s1. The average Bonchev–Trinajstić information content (AvgIpc) is 4.09. The molecule has 2 fully saturated rings. The maximum atomic E-state index is 13.7. The zero-order valence-corrected chi connectivity index (χ0v) is 35.1. The number of likely N-dealkylation sites (tertiary alicyclic amines) is 2. The predicted molar refractivity (Wildman–Crippen MR) is 229 cm³/mol. The van der Waals surface area contributed by atoms with Crippen LogP contribution in [0.5, 0.6) is 0 Å². The Hall–Kier alpha value is -6.18. The summed E-state index contributed by atoms with van der Waals surface area (Å²) in [7, 11) is 2.60. The number of benzene rings is 2. The summed E-state index contributed by atoms with van der Waals surface area (Å²) in [6.07, 6.45) is 12.5. The molecular formula is C46H54N8O6. The lowest BCUT2D eigenvalue weighted by atomic mass is 9.92.